The maximum absolute atomic E-state index is 11.2. The molecule has 0 bridgehead atoms. The van der Waals surface area contributed by atoms with Gasteiger partial charge in [0.25, 0.3) is 0 Å². The quantitative estimate of drug-likeness (QED) is 0.639. The first-order valence-corrected chi connectivity index (χ1v) is 6.62. The standard InChI is InChI=1S/C10H20O2S/c1-4-7-8-10(5-2)9-13(11,12)6-3/h6,10H,3-5,7-9H2,1-2H3/t10-/m0/s1. The summed E-state index contributed by atoms with van der Waals surface area (Å²) in [6.45, 7) is 7.47. The molecule has 0 aliphatic carbocycles. The lowest BCUT2D eigenvalue weighted by Gasteiger charge is -2.12. The number of unbranched alkanes of at least 4 members (excludes halogenated alkanes) is 1. The van der Waals surface area contributed by atoms with E-state index in [-0.39, 0.29) is 5.75 Å². The molecule has 13 heavy (non-hydrogen) atoms. The van der Waals surface area contributed by atoms with Gasteiger partial charge in [0.1, 0.15) is 0 Å². The molecule has 0 heterocycles. The summed E-state index contributed by atoms with van der Waals surface area (Å²) in [6, 6.07) is 0. The van der Waals surface area contributed by atoms with Crippen LogP contribution >= 0.6 is 0 Å². The Morgan fingerprint density at radius 1 is 1.38 bits per heavy atom. The normalized spacial score (nSPS) is 14.0. The van der Waals surface area contributed by atoms with Crippen molar-refractivity contribution in [2.75, 3.05) is 5.75 Å². The number of rotatable bonds is 7. The maximum atomic E-state index is 11.2. The Bertz CT molecular complexity index is 229. The summed E-state index contributed by atoms with van der Waals surface area (Å²) in [7, 11) is -3.00. The number of sulfone groups is 1. The molecule has 0 fully saturated rings. The van der Waals surface area contributed by atoms with Gasteiger partial charge in [-0.1, -0.05) is 39.7 Å². The summed E-state index contributed by atoms with van der Waals surface area (Å²) >= 11 is 0. The van der Waals surface area contributed by atoms with Crippen LogP contribution in [0.4, 0.5) is 0 Å². The number of hydrogen-bond acceptors (Lipinski definition) is 2. The second kappa shape index (κ2) is 6.19. The second-order valence-corrected chi connectivity index (χ2v) is 5.41. The van der Waals surface area contributed by atoms with Gasteiger partial charge in [0, 0.05) is 5.41 Å². The van der Waals surface area contributed by atoms with Crippen molar-refractivity contribution < 1.29 is 8.42 Å². The molecule has 0 aliphatic heterocycles. The van der Waals surface area contributed by atoms with Crippen molar-refractivity contribution in [2.24, 2.45) is 5.92 Å². The van der Waals surface area contributed by atoms with E-state index >= 15 is 0 Å². The summed E-state index contributed by atoms with van der Waals surface area (Å²) in [5.74, 6) is 0.579. The van der Waals surface area contributed by atoms with Gasteiger partial charge >= 0.3 is 0 Å². The van der Waals surface area contributed by atoms with Crippen LogP contribution in [0.3, 0.4) is 0 Å². The van der Waals surface area contributed by atoms with Gasteiger partial charge in [-0.2, -0.15) is 0 Å². The van der Waals surface area contributed by atoms with Crippen molar-refractivity contribution in [3.05, 3.63) is 12.0 Å². The summed E-state index contributed by atoms with van der Waals surface area (Å²) < 4.78 is 22.4. The largest absolute Gasteiger partial charge is 0.224 e. The summed E-state index contributed by atoms with van der Waals surface area (Å²) in [5, 5.41) is 1.07. The highest BCUT2D eigenvalue weighted by molar-refractivity contribution is 7.94. The van der Waals surface area contributed by atoms with Gasteiger partial charge in [-0.15, -0.1) is 0 Å². The third-order valence-corrected chi connectivity index (χ3v) is 3.71. The Hall–Kier alpha value is -0.310. The Balaban J connectivity index is 4.05. The van der Waals surface area contributed by atoms with Crippen molar-refractivity contribution in [1.82, 2.24) is 0 Å². The van der Waals surface area contributed by atoms with E-state index in [1.54, 1.807) is 0 Å². The molecule has 0 amide bonds. The van der Waals surface area contributed by atoms with Crippen molar-refractivity contribution in [3.63, 3.8) is 0 Å². The predicted molar refractivity (Wildman–Crippen MR) is 57.3 cm³/mol. The van der Waals surface area contributed by atoms with Gasteiger partial charge in [-0.3, -0.25) is 0 Å². The van der Waals surface area contributed by atoms with Crippen molar-refractivity contribution >= 4 is 9.84 Å². The highest BCUT2D eigenvalue weighted by Gasteiger charge is 2.13. The van der Waals surface area contributed by atoms with E-state index < -0.39 is 9.84 Å². The Morgan fingerprint density at radius 2 is 2.00 bits per heavy atom. The van der Waals surface area contributed by atoms with Crippen LogP contribution in [0.15, 0.2) is 12.0 Å². The van der Waals surface area contributed by atoms with Crippen LogP contribution in [-0.2, 0) is 9.84 Å². The lowest BCUT2D eigenvalue weighted by atomic mass is 10.0. The molecule has 0 unspecified atom stereocenters. The molecule has 78 valence electrons. The van der Waals surface area contributed by atoms with Crippen LogP contribution in [0.2, 0.25) is 0 Å². The van der Waals surface area contributed by atoms with E-state index in [1.807, 2.05) is 6.92 Å². The third-order valence-electron chi connectivity index (χ3n) is 2.27. The molecule has 0 radical (unpaired) electrons. The van der Waals surface area contributed by atoms with Gasteiger partial charge in [-0.05, 0) is 12.3 Å². The van der Waals surface area contributed by atoms with Gasteiger partial charge < -0.3 is 0 Å². The fourth-order valence-corrected chi connectivity index (χ4v) is 2.49. The Labute approximate surface area is 82.0 Å². The molecule has 0 aliphatic rings. The van der Waals surface area contributed by atoms with Crippen LogP contribution in [0.5, 0.6) is 0 Å². The van der Waals surface area contributed by atoms with Crippen LogP contribution in [0, 0.1) is 5.92 Å². The molecule has 0 aromatic carbocycles. The minimum atomic E-state index is -3.00. The van der Waals surface area contributed by atoms with Crippen LogP contribution in [0.25, 0.3) is 0 Å². The summed E-state index contributed by atoms with van der Waals surface area (Å²) in [4.78, 5) is 0. The van der Waals surface area contributed by atoms with Crippen LogP contribution < -0.4 is 0 Å². The average Bonchev–Trinajstić information content (AvgIpc) is 2.12. The molecule has 3 heteroatoms. The number of hydrogen-bond donors (Lipinski definition) is 0. The topological polar surface area (TPSA) is 34.1 Å². The second-order valence-electron chi connectivity index (χ2n) is 3.41. The van der Waals surface area contributed by atoms with Crippen molar-refractivity contribution in [2.45, 2.75) is 39.5 Å². The monoisotopic (exact) mass is 204 g/mol. The molecule has 1 atom stereocenters. The first kappa shape index (κ1) is 12.7. The molecular weight excluding hydrogens is 184 g/mol. The third kappa shape index (κ3) is 5.86. The molecule has 0 aromatic rings. The van der Waals surface area contributed by atoms with E-state index in [4.69, 9.17) is 0 Å². The molecule has 2 nitrogen and oxygen atoms in total. The lowest BCUT2D eigenvalue weighted by molar-refractivity contribution is 0.486. The zero-order valence-electron chi connectivity index (χ0n) is 8.62. The molecule has 0 aromatic heterocycles. The summed E-state index contributed by atoms with van der Waals surface area (Å²) in [6.07, 6.45) is 4.20. The van der Waals surface area contributed by atoms with Gasteiger partial charge in [0.05, 0.1) is 5.75 Å². The fourth-order valence-electron chi connectivity index (χ4n) is 1.29. The SMILES string of the molecule is C=CS(=O)(=O)C[C@@H](CC)CCCC. The maximum Gasteiger partial charge on any atom is 0.171 e. The molecule has 0 N–H and O–H groups in total. The van der Waals surface area contributed by atoms with E-state index in [1.165, 1.54) is 0 Å². The van der Waals surface area contributed by atoms with Crippen LogP contribution in [0.1, 0.15) is 39.5 Å². The van der Waals surface area contributed by atoms with Gasteiger partial charge in [0.15, 0.2) is 9.84 Å². The fraction of sp³-hybridized carbons (Fsp3) is 0.800. The highest BCUT2D eigenvalue weighted by atomic mass is 32.2. The predicted octanol–water partition coefficient (Wildman–Crippen LogP) is 2.76. The van der Waals surface area contributed by atoms with E-state index in [9.17, 15) is 8.42 Å². The smallest absolute Gasteiger partial charge is 0.171 e. The minimum absolute atomic E-state index is 0.271. The molecule has 0 saturated carbocycles. The van der Waals surface area contributed by atoms with Gasteiger partial charge in [-0.25, -0.2) is 8.42 Å². The Kier molecular flexibility index (Phi) is 6.04. The lowest BCUT2D eigenvalue weighted by Crippen LogP contribution is -2.13. The average molecular weight is 204 g/mol. The van der Waals surface area contributed by atoms with Crippen LogP contribution in [-0.4, -0.2) is 14.2 Å². The van der Waals surface area contributed by atoms with Gasteiger partial charge in [0.2, 0.25) is 0 Å². The molecule has 0 rings (SSSR count). The van der Waals surface area contributed by atoms with Crippen molar-refractivity contribution in [3.8, 4) is 0 Å². The molecular formula is C10H20O2S. The first-order chi connectivity index (χ1) is 6.05. The molecule has 0 spiro atoms. The minimum Gasteiger partial charge on any atom is -0.224 e. The summed E-state index contributed by atoms with van der Waals surface area (Å²) in [5.41, 5.74) is 0. The first-order valence-electron chi connectivity index (χ1n) is 4.90. The zero-order valence-corrected chi connectivity index (χ0v) is 9.44. The zero-order chi connectivity index (χ0) is 10.3. The van der Waals surface area contributed by atoms with E-state index in [2.05, 4.69) is 13.5 Å². The van der Waals surface area contributed by atoms with E-state index in [0.717, 1.165) is 31.1 Å². The van der Waals surface area contributed by atoms with E-state index in [0.29, 0.717) is 5.92 Å². The molecule has 0 saturated heterocycles. The Morgan fingerprint density at radius 3 is 2.38 bits per heavy atom. The van der Waals surface area contributed by atoms with Crippen molar-refractivity contribution in [1.29, 1.82) is 0 Å². The highest BCUT2D eigenvalue weighted by Crippen LogP contribution is 2.15.